The van der Waals surface area contributed by atoms with Crippen LogP contribution in [0.15, 0.2) is 54.6 Å². The number of benzene rings is 2. The van der Waals surface area contributed by atoms with Crippen LogP contribution in [-0.2, 0) is 6.54 Å². The fourth-order valence-electron chi connectivity index (χ4n) is 2.33. The highest BCUT2D eigenvalue weighted by molar-refractivity contribution is 6.37. The van der Waals surface area contributed by atoms with Gasteiger partial charge in [-0.05, 0) is 29.8 Å². The summed E-state index contributed by atoms with van der Waals surface area (Å²) in [5, 5.41) is 18.5. The van der Waals surface area contributed by atoms with Crippen LogP contribution < -0.4 is 4.90 Å². The Kier molecular flexibility index (Phi) is 4.88. The first-order valence-corrected chi connectivity index (χ1v) is 8.07. The van der Waals surface area contributed by atoms with Crippen LogP contribution in [0.2, 0.25) is 10.0 Å². The molecule has 3 aromatic rings. The topological polar surface area (TPSA) is 49.2 Å². The van der Waals surface area contributed by atoms with Crippen molar-refractivity contribution in [3.8, 4) is 17.0 Å². The molecule has 0 bridgehead atoms. The van der Waals surface area contributed by atoms with E-state index in [1.165, 1.54) is 5.56 Å². The number of aromatic nitrogens is 2. The Balaban J connectivity index is 1.80. The second kappa shape index (κ2) is 7.07. The monoisotopic (exact) mass is 359 g/mol. The molecule has 0 aliphatic carbocycles. The van der Waals surface area contributed by atoms with Gasteiger partial charge in [-0.2, -0.15) is 0 Å². The minimum absolute atomic E-state index is 0.130. The first-order chi connectivity index (χ1) is 11.5. The van der Waals surface area contributed by atoms with Crippen LogP contribution in [0.1, 0.15) is 5.56 Å². The Morgan fingerprint density at radius 2 is 1.62 bits per heavy atom. The van der Waals surface area contributed by atoms with Gasteiger partial charge >= 0.3 is 0 Å². The molecule has 24 heavy (non-hydrogen) atoms. The van der Waals surface area contributed by atoms with Crippen molar-refractivity contribution in [2.24, 2.45) is 0 Å². The number of halogens is 2. The van der Waals surface area contributed by atoms with E-state index in [0.29, 0.717) is 11.3 Å². The predicted molar refractivity (Wildman–Crippen MR) is 97.7 cm³/mol. The largest absolute Gasteiger partial charge is 0.505 e. The number of nitrogens with zero attached hydrogens (tertiary/aromatic N) is 3. The highest BCUT2D eigenvalue weighted by Gasteiger charge is 2.10. The minimum atomic E-state index is -0.130. The van der Waals surface area contributed by atoms with Crippen molar-refractivity contribution in [3.63, 3.8) is 0 Å². The molecule has 1 heterocycles. The third-order valence-corrected chi connectivity index (χ3v) is 4.19. The first-order valence-electron chi connectivity index (χ1n) is 7.32. The van der Waals surface area contributed by atoms with Crippen LogP contribution >= 0.6 is 23.2 Å². The number of anilines is 1. The molecule has 0 fully saturated rings. The summed E-state index contributed by atoms with van der Waals surface area (Å²) < 4.78 is 0. The lowest BCUT2D eigenvalue weighted by Crippen LogP contribution is -2.18. The minimum Gasteiger partial charge on any atom is -0.505 e. The second-order valence-corrected chi connectivity index (χ2v) is 6.22. The molecule has 0 spiro atoms. The van der Waals surface area contributed by atoms with E-state index >= 15 is 0 Å². The van der Waals surface area contributed by atoms with Crippen LogP contribution in [0.4, 0.5) is 5.82 Å². The molecule has 0 unspecified atom stereocenters. The van der Waals surface area contributed by atoms with E-state index in [0.717, 1.165) is 12.4 Å². The molecule has 2 aromatic carbocycles. The average Bonchev–Trinajstić information content (AvgIpc) is 2.60. The molecule has 122 valence electrons. The van der Waals surface area contributed by atoms with E-state index in [4.69, 9.17) is 23.2 Å². The normalized spacial score (nSPS) is 10.6. The number of aromatic hydroxyl groups is 1. The lowest BCUT2D eigenvalue weighted by atomic mass is 10.1. The van der Waals surface area contributed by atoms with E-state index < -0.39 is 0 Å². The van der Waals surface area contributed by atoms with Gasteiger partial charge in [0.2, 0.25) is 0 Å². The molecule has 6 heteroatoms. The van der Waals surface area contributed by atoms with E-state index in [-0.39, 0.29) is 15.8 Å². The summed E-state index contributed by atoms with van der Waals surface area (Å²) in [6.45, 7) is 0.742. The van der Waals surface area contributed by atoms with Crippen LogP contribution in [0.5, 0.6) is 5.75 Å². The average molecular weight is 360 g/mol. The zero-order valence-electron chi connectivity index (χ0n) is 12.9. The van der Waals surface area contributed by atoms with Crippen molar-refractivity contribution in [3.05, 3.63) is 70.2 Å². The number of hydrogen-bond donors (Lipinski definition) is 1. The maximum atomic E-state index is 9.63. The third kappa shape index (κ3) is 3.61. The Hall–Kier alpha value is -2.30. The Morgan fingerprint density at radius 3 is 2.21 bits per heavy atom. The predicted octanol–water partition coefficient (Wildman–Crippen LogP) is 4.79. The van der Waals surface area contributed by atoms with E-state index in [9.17, 15) is 5.11 Å². The Morgan fingerprint density at radius 1 is 0.958 bits per heavy atom. The van der Waals surface area contributed by atoms with Gasteiger partial charge in [0.1, 0.15) is 0 Å². The molecule has 0 saturated heterocycles. The summed E-state index contributed by atoms with van der Waals surface area (Å²) in [6.07, 6.45) is 0. The van der Waals surface area contributed by atoms with Gasteiger partial charge in [-0.25, -0.2) is 0 Å². The number of phenolic OH excluding ortho intramolecular Hbond substituents is 1. The summed E-state index contributed by atoms with van der Waals surface area (Å²) in [5.74, 6) is 0.632. The molecule has 3 rings (SSSR count). The van der Waals surface area contributed by atoms with Crippen molar-refractivity contribution >= 4 is 29.0 Å². The lowest BCUT2D eigenvalue weighted by molar-refractivity contribution is 0.476. The summed E-state index contributed by atoms with van der Waals surface area (Å²) in [5.41, 5.74) is 2.53. The molecule has 0 atom stereocenters. The van der Waals surface area contributed by atoms with Crippen molar-refractivity contribution < 1.29 is 5.11 Å². The van der Waals surface area contributed by atoms with Gasteiger partial charge < -0.3 is 10.0 Å². The lowest BCUT2D eigenvalue weighted by Gasteiger charge is -2.17. The molecule has 0 radical (unpaired) electrons. The van der Waals surface area contributed by atoms with Crippen molar-refractivity contribution in [2.75, 3.05) is 11.9 Å². The fourth-order valence-corrected chi connectivity index (χ4v) is 2.82. The maximum absolute atomic E-state index is 9.63. The molecule has 0 aliphatic heterocycles. The summed E-state index contributed by atoms with van der Waals surface area (Å²) >= 11 is 11.9. The van der Waals surface area contributed by atoms with Gasteiger partial charge in [0.15, 0.2) is 11.6 Å². The quantitative estimate of drug-likeness (QED) is 0.727. The number of hydrogen-bond acceptors (Lipinski definition) is 4. The van der Waals surface area contributed by atoms with Crippen molar-refractivity contribution in [1.82, 2.24) is 10.2 Å². The zero-order chi connectivity index (χ0) is 17.1. The van der Waals surface area contributed by atoms with Crippen LogP contribution in [0, 0.1) is 0 Å². The molecular weight excluding hydrogens is 345 g/mol. The van der Waals surface area contributed by atoms with Gasteiger partial charge in [0, 0.05) is 19.2 Å². The smallest absolute Gasteiger partial charge is 0.152 e. The van der Waals surface area contributed by atoms with E-state index in [1.54, 1.807) is 12.1 Å². The maximum Gasteiger partial charge on any atom is 0.152 e. The molecule has 1 aromatic heterocycles. The summed E-state index contributed by atoms with van der Waals surface area (Å²) in [6, 6.07) is 17.1. The highest BCUT2D eigenvalue weighted by Crippen LogP contribution is 2.35. The molecule has 0 saturated carbocycles. The van der Waals surface area contributed by atoms with Crippen molar-refractivity contribution in [1.29, 1.82) is 0 Å². The third-order valence-electron chi connectivity index (χ3n) is 3.62. The molecule has 1 N–H and O–H groups in total. The SMILES string of the molecule is CN(Cc1ccccc1)c1ccc(-c2cc(Cl)c(O)c(Cl)c2)nn1. The van der Waals surface area contributed by atoms with Gasteiger partial charge in [-0.3, -0.25) is 0 Å². The summed E-state index contributed by atoms with van der Waals surface area (Å²) in [4.78, 5) is 2.02. The Bertz CT molecular complexity index is 816. The van der Waals surface area contributed by atoms with Gasteiger partial charge in [-0.1, -0.05) is 53.5 Å². The van der Waals surface area contributed by atoms with Crippen LogP contribution in [-0.4, -0.2) is 22.4 Å². The van der Waals surface area contributed by atoms with Crippen LogP contribution in [0.25, 0.3) is 11.3 Å². The highest BCUT2D eigenvalue weighted by atomic mass is 35.5. The van der Waals surface area contributed by atoms with Crippen molar-refractivity contribution in [2.45, 2.75) is 6.54 Å². The zero-order valence-corrected chi connectivity index (χ0v) is 14.5. The van der Waals surface area contributed by atoms with Gasteiger partial charge in [0.25, 0.3) is 0 Å². The molecular formula is C18H15Cl2N3O. The molecule has 0 aliphatic rings. The number of phenols is 1. The fraction of sp³-hybridized carbons (Fsp3) is 0.111. The molecule has 4 nitrogen and oxygen atoms in total. The van der Waals surface area contributed by atoms with Crippen LogP contribution in [0.3, 0.4) is 0 Å². The Labute approximate surface area is 150 Å². The van der Waals surface area contributed by atoms with Gasteiger partial charge in [-0.15, -0.1) is 10.2 Å². The second-order valence-electron chi connectivity index (χ2n) is 5.41. The van der Waals surface area contributed by atoms with E-state index in [2.05, 4.69) is 22.3 Å². The standard InChI is InChI=1S/C18H15Cl2N3O/c1-23(11-12-5-3-2-4-6-12)17-8-7-16(21-22-17)13-9-14(19)18(24)15(20)10-13/h2-10,24H,11H2,1H3. The summed E-state index contributed by atoms with van der Waals surface area (Å²) in [7, 11) is 1.96. The number of rotatable bonds is 4. The first kappa shape index (κ1) is 16.6. The van der Waals surface area contributed by atoms with Gasteiger partial charge in [0.05, 0.1) is 15.7 Å². The van der Waals surface area contributed by atoms with E-state index in [1.807, 2.05) is 42.3 Å². The molecule has 0 amide bonds.